The highest BCUT2D eigenvalue weighted by atomic mass is 35.5. The van der Waals surface area contributed by atoms with Crippen molar-refractivity contribution in [3.63, 3.8) is 0 Å². The number of hydrogen-bond acceptors (Lipinski definition) is 3. The van der Waals surface area contributed by atoms with Crippen LogP contribution in [0.2, 0.25) is 4.34 Å². The third-order valence-electron chi connectivity index (χ3n) is 2.68. The zero-order chi connectivity index (χ0) is 10.7. The van der Waals surface area contributed by atoms with E-state index in [2.05, 4.69) is 18.3 Å². The van der Waals surface area contributed by atoms with E-state index in [9.17, 15) is 0 Å². The molecule has 1 aliphatic rings. The quantitative estimate of drug-likeness (QED) is 0.884. The molecule has 1 N–H and O–H groups in total. The van der Waals surface area contributed by atoms with Gasteiger partial charge < -0.3 is 10.1 Å². The molecule has 0 saturated carbocycles. The maximum Gasteiger partial charge on any atom is 0.0931 e. The van der Waals surface area contributed by atoms with Crippen LogP contribution >= 0.6 is 22.9 Å². The Morgan fingerprint density at radius 2 is 2.47 bits per heavy atom. The number of rotatable bonds is 3. The summed E-state index contributed by atoms with van der Waals surface area (Å²) < 4.78 is 6.37. The Balaban J connectivity index is 1.77. The Bertz CT molecular complexity index is 315. The fraction of sp³-hybridized carbons (Fsp3) is 0.636. The number of nitrogens with one attached hydrogen (secondary N) is 1. The molecule has 2 atom stereocenters. The van der Waals surface area contributed by atoms with Gasteiger partial charge in [-0.2, -0.15) is 0 Å². The zero-order valence-electron chi connectivity index (χ0n) is 8.83. The first kappa shape index (κ1) is 11.4. The van der Waals surface area contributed by atoms with Gasteiger partial charge in [0.1, 0.15) is 0 Å². The monoisotopic (exact) mass is 245 g/mol. The smallest absolute Gasteiger partial charge is 0.0931 e. The minimum Gasteiger partial charge on any atom is -0.378 e. The molecular weight excluding hydrogens is 230 g/mol. The van der Waals surface area contributed by atoms with Gasteiger partial charge in [0.05, 0.1) is 10.4 Å². The lowest BCUT2D eigenvalue weighted by Gasteiger charge is -2.27. The van der Waals surface area contributed by atoms with E-state index in [1.807, 2.05) is 6.07 Å². The average molecular weight is 246 g/mol. The number of ether oxygens (including phenoxy) is 1. The first-order valence-corrected chi connectivity index (χ1v) is 6.52. The Morgan fingerprint density at radius 3 is 3.13 bits per heavy atom. The highest BCUT2D eigenvalue weighted by molar-refractivity contribution is 7.16. The molecule has 84 valence electrons. The molecule has 1 saturated heterocycles. The summed E-state index contributed by atoms with van der Waals surface area (Å²) in [6, 6.07) is 4.63. The van der Waals surface area contributed by atoms with E-state index in [0.29, 0.717) is 12.1 Å². The van der Waals surface area contributed by atoms with Crippen molar-refractivity contribution in [2.45, 2.75) is 38.5 Å². The topological polar surface area (TPSA) is 21.3 Å². The van der Waals surface area contributed by atoms with Crippen molar-refractivity contribution in [3.8, 4) is 0 Å². The molecule has 0 radical (unpaired) electrons. The standard InChI is InChI=1S/C11H16ClNOS/c1-8-6-9(4-5-14-8)13-7-10-2-3-11(12)15-10/h2-3,8-9,13H,4-7H2,1H3. The molecule has 1 fully saturated rings. The van der Waals surface area contributed by atoms with Gasteiger partial charge in [-0.05, 0) is 31.9 Å². The summed E-state index contributed by atoms with van der Waals surface area (Å²) in [6.45, 7) is 3.94. The molecule has 0 aliphatic carbocycles. The molecule has 15 heavy (non-hydrogen) atoms. The zero-order valence-corrected chi connectivity index (χ0v) is 10.4. The fourth-order valence-corrected chi connectivity index (χ4v) is 2.91. The van der Waals surface area contributed by atoms with Gasteiger partial charge in [0.25, 0.3) is 0 Å². The highest BCUT2D eigenvalue weighted by Gasteiger charge is 2.18. The molecule has 1 aromatic rings. The second kappa shape index (κ2) is 5.30. The van der Waals surface area contributed by atoms with Gasteiger partial charge in [-0.1, -0.05) is 11.6 Å². The van der Waals surface area contributed by atoms with Crippen molar-refractivity contribution < 1.29 is 4.74 Å². The first-order chi connectivity index (χ1) is 7.24. The normalized spacial score (nSPS) is 26.8. The van der Waals surface area contributed by atoms with Crippen LogP contribution in [0, 0.1) is 0 Å². The van der Waals surface area contributed by atoms with E-state index in [4.69, 9.17) is 16.3 Å². The van der Waals surface area contributed by atoms with Crippen molar-refractivity contribution in [2.75, 3.05) is 6.61 Å². The number of hydrogen-bond donors (Lipinski definition) is 1. The van der Waals surface area contributed by atoms with Gasteiger partial charge in [-0.15, -0.1) is 11.3 Å². The van der Waals surface area contributed by atoms with Crippen LogP contribution in [0.15, 0.2) is 12.1 Å². The van der Waals surface area contributed by atoms with Crippen LogP contribution in [0.3, 0.4) is 0 Å². The Kier molecular flexibility index (Phi) is 4.03. The average Bonchev–Trinajstić information content (AvgIpc) is 2.62. The molecule has 2 rings (SSSR count). The lowest BCUT2D eigenvalue weighted by molar-refractivity contribution is 0.0131. The van der Waals surface area contributed by atoms with Gasteiger partial charge in [-0.3, -0.25) is 0 Å². The summed E-state index contributed by atoms with van der Waals surface area (Å²) in [6.07, 6.45) is 2.62. The van der Waals surface area contributed by atoms with Crippen LogP contribution in [0.25, 0.3) is 0 Å². The Hall–Kier alpha value is -0.0900. The van der Waals surface area contributed by atoms with Crippen LogP contribution < -0.4 is 5.32 Å². The third kappa shape index (κ3) is 3.45. The van der Waals surface area contributed by atoms with Crippen LogP contribution in [0.1, 0.15) is 24.6 Å². The highest BCUT2D eigenvalue weighted by Crippen LogP contribution is 2.22. The van der Waals surface area contributed by atoms with Crippen molar-refractivity contribution in [3.05, 3.63) is 21.3 Å². The maximum absolute atomic E-state index is 5.88. The van der Waals surface area contributed by atoms with Gasteiger partial charge in [0, 0.05) is 24.1 Å². The lowest BCUT2D eigenvalue weighted by atomic mass is 10.0. The summed E-state index contributed by atoms with van der Waals surface area (Å²) in [5, 5.41) is 3.55. The molecule has 1 aromatic heterocycles. The second-order valence-electron chi connectivity index (χ2n) is 3.99. The molecule has 2 heterocycles. The molecule has 4 heteroatoms. The molecule has 1 aliphatic heterocycles. The van der Waals surface area contributed by atoms with Gasteiger partial charge in [-0.25, -0.2) is 0 Å². The fourth-order valence-electron chi connectivity index (χ4n) is 1.88. The summed E-state index contributed by atoms with van der Waals surface area (Å²) in [5.74, 6) is 0. The van der Waals surface area contributed by atoms with Crippen LogP contribution in [-0.2, 0) is 11.3 Å². The van der Waals surface area contributed by atoms with Crippen molar-refractivity contribution in [1.29, 1.82) is 0 Å². The molecule has 0 amide bonds. The molecular formula is C11H16ClNOS. The summed E-state index contributed by atoms with van der Waals surface area (Å²) in [5.41, 5.74) is 0. The van der Waals surface area contributed by atoms with E-state index < -0.39 is 0 Å². The SMILES string of the molecule is CC1CC(NCc2ccc(Cl)s2)CCO1. The van der Waals surface area contributed by atoms with Crippen LogP contribution in [0.4, 0.5) is 0 Å². The summed E-state index contributed by atoms with van der Waals surface area (Å²) in [7, 11) is 0. The molecule has 0 bridgehead atoms. The van der Waals surface area contributed by atoms with E-state index in [-0.39, 0.29) is 0 Å². The van der Waals surface area contributed by atoms with Crippen LogP contribution in [-0.4, -0.2) is 18.8 Å². The lowest BCUT2D eigenvalue weighted by Crippen LogP contribution is -2.37. The second-order valence-corrected chi connectivity index (χ2v) is 5.79. The van der Waals surface area contributed by atoms with Crippen molar-refractivity contribution in [2.24, 2.45) is 0 Å². The summed E-state index contributed by atoms with van der Waals surface area (Å²) >= 11 is 7.52. The van der Waals surface area contributed by atoms with Gasteiger partial charge in [0.15, 0.2) is 0 Å². The van der Waals surface area contributed by atoms with E-state index in [0.717, 1.165) is 30.3 Å². The minimum atomic E-state index is 0.392. The predicted octanol–water partition coefficient (Wildman–Crippen LogP) is 3.06. The molecule has 0 spiro atoms. The van der Waals surface area contributed by atoms with Crippen molar-refractivity contribution >= 4 is 22.9 Å². The minimum absolute atomic E-state index is 0.392. The number of halogens is 1. The largest absolute Gasteiger partial charge is 0.378 e. The van der Waals surface area contributed by atoms with Crippen molar-refractivity contribution in [1.82, 2.24) is 5.32 Å². The van der Waals surface area contributed by atoms with Gasteiger partial charge >= 0.3 is 0 Å². The van der Waals surface area contributed by atoms with Crippen LogP contribution in [0.5, 0.6) is 0 Å². The molecule has 2 nitrogen and oxygen atoms in total. The number of thiophene rings is 1. The van der Waals surface area contributed by atoms with Gasteiger partial charge in [0.2, 0.25) is 0 Å². The first-order valence-electron chi connectivity index (χ1n) is 5.33. The predicted molar refractivity (Wildman–Crippen MR) is 64.6 cm³/mol. The van der Waals surface area contributed by atoms with E-state index >= 15 is 0 Å². The van der Waals surface area contributed by atoms with E-state index in [1.165, 1.54) is 4.88 Å². The Labute approximate surface area is 99.6 Å². The summed E-state index contributed by atoms with van der Waals surface area (Å²) in [4.78, 5) is 1.30. The molecule has 2 unspecified atom stereocenters. The van der Waals surface area contributed by atoms with E-state index in [1.54, 1.807) is 11.3 Å². The maximum atomic E-state index is 5.88. The Morgan fingerprint density at radius 1 is 1.60 bits per heavy atom. The third-order valence-corrected chi connectivity index (χ3v) is 3.91. The molecule has 0 aromatic carbocycles.